The van der Waals surface area contributed by atoms with Crippen molar-refractivity contribution in [2.24, 2.45) is 0 Å². The number of nitrogens with zero attached hydrogens (tertiary/aromatic N) is 4. The van der Waals surface area contributed by atoms with Crippen LogP contribution in [-0.2, 0) is 23.4 Å². The summed E-state index contributed by atoms with van der Waals surface area (Å²) < 4.78 is 64.4. The van der Waals surface area contributed by atoms with Crippen LogP contribution in [0.15, 0.2) is 17.3 Å². The fraction of sp³-hybridized carbons (Fsp3) is 0.412. The molecule has 0 spiro atoms. The number of hydrogen-bond donors (Lipinski definition) is 1. The molecule has 2 aromatic rings. The van der Waals surface area contributed by atoms with Crippen molar-refractivity contribution in [1.29, 1.82) is 0 Å². The molecule has 7 nitrogen and oxygen atoms in total. The van der Waals surface area contributed by atoms with E-state index in [1.807, 2.05) is 0 Å². The maximum atomic E-state index is 14.2. The van der Waals surface area contributed by atoms with Crippen LogP contribution < -0.4 is 5.32 Å². The van der Waals surface area contributed by atoms with Crippen LogP contribution in [0.4, 0.5) is 28.0 Å². The van der Waals surface area contributed by atoms with Gasteiger partial charge >= 0.3 is 12.2 Å². The predicted molar refractivity (Wildman–Crippen MR) is 98.9 cm³/mol. The fourth-order valence-electron chi connectivity index (χ4n) is 3.80. The Morgan fingerprint density at radius 1 is 1.30 bits per heavy atom. The zero-order chi connectivity index (χ0) is 21.8. The summed E-state index contributed by atoms with van der Waals surface area (Å²) >= 11 is 5.63. The van der Waals surface area contributed by atoms with Gasteiger partial charge in [0.2, 0.25) is 5.16 Å². The molecule has 2 bridgehead atoms. The largest absolute Gasteiger partial charge is 0.417 e. The third-order valence-corrected chi connectivity index (χ3v) is 6.11. The Balaban J connectivity index is 1.60. The molecular weight excluding hydrogens is 450 g/mol. The zero-order valence-corrected chi connectivity index (χ0v) is 16.9. The van der Waals surface area contributed by atoms with Crippen molar-refractivity contribution in [3.05, 3.63) is 39.9 Å². The number of fused-ring (bicyclic) bond motifs is 4. The van der Waals surface area contributed by atoms with E-state index in [0.717, 1.165) is 6.07 Å². The molecule has 1 saturated heterocycles. The monoisotopic (exact) mass is 463 g/mol. The first-order chi connectivity index (χ1) is 14.1. The molecular formula is C17H14ClF4N5O2S. The van der Waals surface area contributed by atoms with E-state index in [0.29, 0.717) is 30.7 Å². The van der Waals surface area contributed by atoms with Gasteiger partial charge in [0.05, 0.1) is 38.8 Å². The minimum atomic E-state index is -4.82. The first kappa shape index (κ1) is 20.9. The van der Waals surface area contributed by atoms with Gasteiger partial charge in [-0.1, -0.05) is 11.6 Å². The van der Waals surface area contributed by atoms with Crippen LogP contribution >= 0.6 is 11.6 Å². The van der Waals surface area contributed by atoms with Gasteiger partial charge in [-0.3, -0.25) is 4.21 Å². The summed E-state index contributed by atoms with van der Waals surface area (Å²) in [7, 11) is -1.40. The Hall–Kier alpha value is -2.34. The van der Waals surface area contributed by atoms with Crippen molar-refractivity contribution in [3.8, 4) is 0 Å². The van der Waals surface area contributed by atoms with Crippen LogP contribution in [-0.4, -0.2) is 42.6 Å². The number of nitrogens with one attached hydrogen (secondary N) is 1. The fourth-order valence-corrected chi connectivity index (χ4v) is 4.47. The maximum absolute atomic E-state index is 14.2. The lowest BCUT2D eigenvalue weighted by Gasteiger charge is -2.34. The van der Waals surface area contributed by atoms with E-state index in [1.54, 1.807) is 0 Å². The van der Waals surface area contributed by atoms with Crippen LogP contribution in [0, 0.1) is 5.82 Å². The molecule has 0 radical (unpaired) electrons. The second-order valence-electron chi connectivity index (χ2n) is 6.98. The van der Waals surface area contributed by atoms with Crippen molar-refractivity contribution in [1.82, 2.24) is 20.1 Å². The van der Waals surface area contributed by atoms with Crippen LogP contribution in [0.1, 0.15) is 35.8 Å². The van der Waals surface area contributed by atoms with Gasteiger partial charge < -0.3 is 10.2 Å². The highest BCUT2D eigenvalue weighted by Gasteiger charge is 2.45. The second-order valence-corrected chi connectivity index (χ2v) is 8.66. The van der Waals surface area contributed by atoms with Crippen LogP contribution in [0.2, 0.25) is 5.02 Å². The second kappa shape index (κ2) is 7.41. The Kier molecular flexibility index (Phi) is 5.17. The molecule has 1 aromatic carbocycles. The Labute approximate surface area is 175 Å². The number of halogens is 5. The lowest BCUT2D eigenvalue weighted by Crippen LogP contribution is -2.45. The van der Waals surface area contributed by atoms with Gasteiger partial charge in [0, 0.05) is 18.7 Å². The molecule has 3 atom stereocenters. The van der Waals surface area contributed by atoms with Crippen LogP contribution in [0.5, 0.6) is 0 Å². The minimum absolute atomic E-state index is 0.104. The predicted octanol–water partition coefficient (Wildman–Crippen LogP) is 3.71. The van der Waals surface area contributed by atoms with Crippen molar-refractivity contribution in [2.45, 2.75) is 42.7 Å². The number of anilines is 1. The first-order valence-corrected chi connectivity index (χ1v) is 10.7. The molecule has 2 aliphatic heterocycles. The quantitative estimate of drug-likeness (QED) is 0.686. The highest BCUT2D eigenvalue weighted by molar-refractivity contribution is 7.84. The topological polar surface area (TPSA) is 88.1 Å². The van der Waals surface area contributed by atoms with E-state index in [4.69, 9.17) is 11.6 Å². The summed E-state index contributed by atoms with van der Waals surface area (Å²) in [5.74, 6) is -1.25. The normalized spacial score (nSPS) is 21.3. The molecule has 3 unspecified atom stereocenters. The van der Waals surface area contributed by atoms with Gasteiger partial charge in [0.25, 0.3) is 0 Å². The number of carbonyl (C=O) groups excluding carboxylic acids is 1. The van der Waals surface area contributed by atoms with Gasteiger partial charge in [-0.2, -0.15) is 13.2 Å². The summed E-state index contributed by atoms with van der Waals surface area (Å²) in [6, 6.07) is -0.425. The van der Waals surface area contributed by atoms with Gasteiger partial charge in [-0.25, -0.2) is 14.2 Å². The number of aromatic nitrogens is 3. The molecule has 2 aliphatic rings. The lowest BCUT2D eigenvalue weighted by molar-refractivity contribution is -0.137. The van der Waals surface area contributed by atoms with Crippen molar-refractivity contribution >= 4 is 34.1 Å². The molecule has 13 heteroatoms. The zero-order valence-electron chi connectivity index (χ0n) is 15.3. The molecule has 160 valence electrons. The van der Waals surface area contributed by atoms with Crippen molar-refractivity contribution < 1.29 is 26.6 Å². The third kappa shape index (κ3) is 3.62. The number of alkyl halides is 3. The van der Waals surface area contributed by atoms with E-state index < -0.39 is 51.1 Å². The summed E-state index contributed by atoms with van der Waals surface area (Å²) in [6.45, 7) is 0. The summed E-state index contributed by atoms with van der Waals surface area (Å²) in [5.41, 5.74) is -0.698. The Bertz CT molecular complexity index is 1070. The van der Waals surface area contributed by atoms with Gasteiger partial charge in [0.15, 0.2) is 0 Å². The van der Waals surface area contributed by atoms with E-state index in [-0.39, 0.29) is 17.3 Å². The molecule has 1 N–H and O–H groups in total. The summed E-state index contributed by atoms with van der Waals surface area (Å²) in [6.07, 6.45) is -1.81. The number of carbonyl (C=O) groups is 1. The average molecular weight is 464 g/mol. The molecule has 0 aliphatic carbocycles. The molecule has 3 heterocycles. The van der Waals surface area contributed by atoms with Crippen LogP contribution in [0.25, 0.3) is 0 Å². The summed E-state index contributed by atoms with van der Waals surface area (Å²) in [5, 5.41) is 9.61. The standard InChI is InChI=1S/C17H14ClF4N5O2S/c1-30(29)15-23-12-4-7-2-3-13(14(12)25-26-15)27(7)16(28)24-11-6-9(18)8(5-10(11)19)17(20,21)22/h5-7,13H,2-4H2,1H3,(H,24,28). The number of benzene rings is 1. The van der Waals surface area contributed by atoms with Crippen molar-refractivity contribution in [3.63, 3.8) is 0 Å². The maximum Gasteiger partial charge on any atom is 0.417 e. The SMILES string of the molecule is CS(=O)c1nnc2c(n1)CC1CCC2N1C(=O)Nc1cc(Cl)c(C(F)(F)F)cc1F. The van der Waals surface area contributed by atoms with Crippen LogP contribution in [0.3, 0.4) is 0 Å². The van der Waals surface area contributed by atoms with E-state index in [9.17, 15) is 26.6 Å². The van der Waals surface area contributed by atoms with E-state index in [2.05, 4.69) is 20.5 Å². The number of hydrogen-bond acceptors (Lipinski definition) is 5. The smallest absolute Gasteiger partial charge is 0.312 e. The summed E-state index contributed by atoms with van der Waals surface area (Å²) in [4.78, 5) is 18.6. The average Bonchev–Trinajstić information content (AvgIpc) is 2.98. The number of amides is 2. The molecule has 1 aromatic heterocycles. The van der Waals surface area contributed by atoms with Gasteiger partial charge in [-0.05, 0) is 25.0 Å². The van der Waals surface area contributed by atoms with Gasteiger partial charge in [0.1, 0.15) is 11.5 Å². The molecule has 2 amide bonds. The molecule has 4 rings (SSSR count). The Morgan fingerprint density at radius 2 is 2.03 bits per heavy atom. The highest BCUT2D eigenvalue weighted by atomic mass is 35.5. The van der Waals surface area contributed by atoms with E-state index in [1.165, 1.54) is 11.2 Å². The third-order valence-electron chi connectivity index (χ3n) is 5.11. The highest BCUT2D eigenvalue weighted by Crippen LogP contribution is 2.43. The Morgan fingerprint density at radius 3 is 2.70 bits per heavy atom. The van der Waals surface area contributed by atoms with E-state index >= 15 is 0 Å². The molecule has 30 heavy (non-hydrogen) atoms. The minimum Gasteiger partial charge on any atom is -0.312 e. The molecule has 1 fully saturated rings. The van der Waals surface area contributed by atoms with Gasteiger partial charge in [-0.15, -0.1) is 10.2 Å². The first-order valence-electron chi connectivity index (χ1n) is 8.78. The van der Waals surface area contributed by atoms with Crippen molar-refractivity contribution in [2.75, 3.05) is 11.6 Å². The number of urea groups is 1. The molecule has 0 saturated carbocycles. The lowest BCUT2D eigenvalue weighted by atomic mass is 10.0. The number of rotatable bonds is 2.